The predicted molar refractivity (Wildman–Crippen MR) is 63.9 cm³/mol. The van der Waals surface area contributed by atoms with Crippen LogP contribution in [0.15, 0.2) is 16.7 Å². The number of amides is 1. The van der Waals surface area contributed by atoms with Crippen molar-refractivity contribution in [3.8, 4) is 0 Å². The molecule has 1 aliphatic rings. The summed E-state index contributed by atoms with van der Waals surface area (Å²) in [6.07, 6.45) is 0.339. The molecule has 1 saturated carbocycles. The highest BCUT2D eigenvalue weighted by molar-refractivity contribution is 5.94. The highest BCUT2D eigenvalue weighted by atomic mass is 35.5. The lowest BCUT2D eigenvalue weighted by atomic mass is 10.2. The molecule has 4 nitrogen and oxygen atoms in total. The molecule has 1 amide bonds. The Labute approximate surface area is 110 Å². The van der Waals surface area contributed by atoms with E-state index in [0.717, 1.165) is 12.8 Å². The van der Waals surface area contributed by atoms with Crippen LogP contribution in [0.4, 0.5) is 8.78 Å². The summed E-state index contributed by atoms with van der Waals surface area (Å²) < 4.78 is 29.8. The normalized spacial score (nSPS) is 14.4. The first kappa shape index (κ1) is 14.9. The van der Waals surface area contributed by atoms with Crippen LogP contribution in [0.3, 0.4) is 0 Å². The van der Waals surface area contributed by atoms with Gasteiger partial charge in [-0.3, -0.25) is 4.79 Å². The SMILES string of the molecule is Cl.NCc1cc(C(=O)N(CC(F)F)C2CC2)co1. The van der Waals surface area contributed by atoms with Gasteiger partial charge in [0.25, 0.3) is 12.3 Å². The molecule has 102 valence electrons. The Kier molecular flexibility index (Phi) is 5.10. The van der Waals surface area contributed by atoms with Crippen molar-refractivity contribution in [2.75, 3.05) is 6.54 Å². The van der Waals surface area contributed by atoms with Crippen molar-refractivity contribution < 1.29 is 18.0 Å². The van der Waals surface area contributed by atoms with Gasteiger partial charge in [0.1, 0.15) is 12.0 Å². The first-order valence-electron chi connectivity index (χ1n) is 5.48. The summed E-state index contributed by atoms with van der Waals surface area (Å²) in [5, 5.41) is 0. The summed E-state index contributed by atoms with van der Waals surface area (Å²) in [5.74, 6) is 0.0670. The van der Waals surface area contributed by atoms with E-state index in [0.29, 0.717) is 5.76 Å². The zero-order valence-corrected chi connectivity index (χ0v) is 10.5. The lowest BCUT2D eigenvalue weighted by Gasteiger charge is -2.20. The largest absolute Gasteiger partial charge is 0.467 e. The number of hydrogen-bond acceptors (Lipinski definition) is 3. The lowest BCUT2D eigenvalue weighted by molar-refractivity contribution is 0.0533. The van der Waals surface area contributed by atoms with E-state index < -0.39 is 18.9 Å². The third-order valence-electron chi connectivity index (χ3n) is 2.69. The van der Waals surface area contributed by atoms with Crippen molar-refractivity contribution in [2.24, 2.45) is 5.73 Å². The zero-order chi connectivity index (χ0) is 12.4. The van der Waals surface area contributed by atoms with Gasteiger partial charge in [-0.1, -0.05) is 0 Å². The van der Waals surface area contributed by atoms with Crippen molar-refractivity contribution in [1.82, 2.24) is 4.90 Å². The van der Waals surface area contributed by atoms with Crippen LogP contribution in [0.25, 0.3) is 0 Å². The molecular weight excluding hydrogens is 266 g/mol. The number of alkyl halides is 2. The summed E-state index contributed by atoms with van der Waals surface area (Å²) in [7, 11) is 0. The maximum absolute atomic E-state index is 12.4. The van der Waals surface area contributed by atoms with E-state index in [2.05, 4.69) is 0 Å². The van der Waals surface area contributed by atoms with Crippen LogP contribution in [-0.2, 0) is 6.54 Å². The average molecular weight is 281 g/mol. The minimum absolute atomic E-state index is 0. The maximum atomic E-state index is 12.4. The van der Waals surface area contributed by atoms with E-state index >= 15 is 0 Å². The molecule has 2 rings (SSSR count). The Bertz CT molecular complexity index is 408. The molecular formula is C11H15ClF2N2O2. The zero-order valence-electron chi connectivity index (χ0n) is 9.64. The monoisotopic (exact) mass is 280 g/mol. The molecule has 0 radical (unpaired) electrons. The molecule has 1 aromatic heterocycles. The summed E-state index contributed by atoms with van der Waals surface area (Å²) >= 11 is 0. The second-order valence-corrected chi connectivity index (χ2v) is 4.09. The molecule has 0 saturated heterocycles. The molecule has 0 atom stereocenters. The van der Waals surface area contributed by atoms with Crippen LogP contribution < -0.4 is 5.73 Å². The first-order chi connectivity index (χ1) is 8.11. The van der Waals surface area contributed by atoms with Gasteiger partial charge in [-0.15, -0.1) is 12.4 Å². The highest BCUT2D eigenvalue weighted by Gasteiger charge is 2.35. The number of carbonyl (C=O) groups excluding carboxylic acids is 1. The summed E-state index contributed by atoms with van der Waals surface area (Å²) in [6.45, 7) is -0.335. The van der Waals surface area contributed by atoms with Gasteiger partial charge in [-0.25, -0.2) is 8.78 Å². The molecule has 1 heterocycles. The van der Waals surface area contributed by atoms with E-state index in [-0.39, 0.29) is 30.6 Å². The van der Waals surface area contributed by atoms with Gasteiger partial charge < -0.3 is 15.1 Å². The summed E-state index contributed by atoms with van der Waals surface area (Å²) in [6, 6.07) is 1.45. The van der Waals surface area contributed by atoms with Crippen molar-refractivity contribution in [1.29, 1.82) is 0 Å². The minimum Gasteiger partial charge on any atom is -0.467 e. The van der Waals surface area contributed by atoms with E-state index in [9.17, 15) is 13.6 Å². The topological polar surface area (TPSA) is 59.5 Å². The van der Waals surface area contributed by atoms with Crippen LogP contribution in [0.5, 0.6) is 0 Å². The van der Waals surface area contributed by atoms with E-state index in [1.54, 1.807) is 0 Å². The van der Waals surface area contributed by atoms with Crippen molar-refractivity contribution in [2.45, 2.75) is 31.9 Å². The van der Waals surface area contributed by atoms with Crippen molar-refractivity contribution >= 4 is 18.3 Å². The quantitative estimate of drug-likeness (QED) is 0.898. The summed E-state index contributed by atoms with van der Waals surface area (Å²) in [4.78, 5) is 13.2. The molecule has 1 aliphatic carbocycles. The fourth-order valence-electron chi connectivity index (χ4n) is 1.70. The number of halogens is 3. The number of nitrogens with zero attached hydrogens (tertiary/aromatic N) is 1. The van der Waals surface area contributed by atoms with Gasteiger partial charge in [0.15, 0.2) is 0 Å². The second-order valence-electron chi connectivity index (χ2n) is 4.09. The van der Waals surface area contributed by atoms with E-state index in [1.807, 2.05) is 0 Å². The molecule has 0 bridgehead atoms. The Morgan fingerprint density at radius 3 is 2.67 bits per heavy atom. The molecule has 2 N–H and O–H groups in total. The van der Waals surface area contributed by atoms with Gasteiger partial charge in [-0.2, -0.15) is 0 Å². The highest BCUT2D eigenvalue weighted by Crippen LogP contribution is 2.29. The number of hydrogen-bond donors (Lipinski definition) is 1. The Morgan fingerprint density at radius 1 is 1.56 bits per heavy atom. The second kappa shape index (κ2) is 6.15. The van der Waals surface area contributed by atoms with Gasteiger partial charge in [0, 0.05) is 6.04 Å². The standard InChI is InChI=1S/C11H14F2N2O2.ClH/c12-10(13)5-15(8-1-2-8)11(16)7-3-9(4-14)17-6-7;/h3,6,8,10H,1-2,4-5,14H2;1H. The fraction of sp³-hybridized carbons (Fsp3) is 0.545. The van der Waals surface area contributed by atoms with Gasteiger partial charge in [0.2, 0.25) is 0 Å². The molecule has 18 heavy (non-hydrogen) atoms. The van der Waals surface area contributed by atoms with E-state index in [1.165, 1.54) is 17.2 Å². The third-order valence-corrected chi connectivity index (χ3v) is 2.69. The molecule has 0 aliphatic heterocycles. The van der Waals surface area contributed by atoms with Crippen molar-refractivity contribution in [3.63, 3.8) is 0 Å². The molecule has 7 heteroatoms. The van der Waals surface area contributed by atoms with Crippen LogP contribution in [0.2, 0.25) is 0 Å². The number of carbonyl (C=O) groups is 1. The van der Waals surface area contributed by atoms with Crippen molar-refractivity contribution in [3.05, 3.63) is 23.7 Å². The Balaban J connectivity index is 0.00000162. The average Bonchev–Trinajstić information content (AvgIpc) is 3.02. The molecule has 1 aromatic rings. The molecule has 0 spiro atoms. The summed E-state index contributed by atoms with van der Waals surface area (Å²) in [5.41, 5.74) is 5.64. The number of nitrogens with two attached hydrogens (primary N) is 1. The molecule has 1 fully saturated rings. The number of furan rings is 1. The van der Waals surface area contributed by atoms with Crippen LogP contribution in [-0.4, -0.2) is 29.8 Å². The molecule has 0 unspecified atom stereocenters. The van der Waals surface area contributed by atoms with Gasteiger partial charge in [-0.05, 0) is 18.9 Å². The number of rotatable bonds is 5. The predicted octanol–water partition coefficient (Wildman–Crippen LogP) is 2.03. The Morgan fingerprint density at radius 2 is 2.22 bits per heavy atom. The Hall–Kier alpha value is -1.14. The molecule has 0 aromatic carbocycles. The third kappa shape index (κ3) is 3.43. The maximum Gasteiger partial charge on any atom is 0.257 e. The smallest absolute Gasteiger partial charge is 0.257 e. The van der Waals surface area contributed by atoms with E-state index in [4.69, 9.17) is 10.2 Å². The van der Waals surface area contributed by atoms with Gasteiger partial charge in [0.05, 0.1) is 18.7 Å². The lowest BCUT2D eigenvalue weighted by Crippen LogP contribution is -2.36. The first-order valence-corrected chi connectivity index (χ1v) is 5.48. The minimum atomic E-state index is -2.51. The van der Waals surface area contributed by atoms with Crippen LogP contribution >= 0.6 is 12.4 Å². The van der Waals surface area contributed by atoms with Crippen LogP contribution in [0.1, 0.15) is 29.0 Å². The van der Waals surface area contributed by atoms with Gasteiger partial charge >= 0.3 is 0 Å². The van der Waals surface area contributed by atoms with Crippen LogP contribution in [0, 0.1) is 0 Å². The fourth-order valence-corrected chi connectivity index (χ4v) is 1.70.